The fraction of sp³-hybridized carbons (Fsp3) is 0. The van der Waals surface area contributed by atoms with Crippen molar-refractivity contribution in [3.05, 3.63) is 218 Å². The van der Waals surface area contributed by atoms with E-state index >= 15 is 0 Å². The van der Waals surface area contributed by atoms with Gasteiger partial charge >= 0.3 is 0 Å². The molecule has 0 N–H and O–H groups in total. The van der Waals surface area contributed by atoms with Crippen LogP contribution in [-0.4, -0.2) is 9.13 Å². The lowest BCUT2D eigenvalue weighted by molar-refractivity contribution is 1.18. The number of fused-ring (bicyclic) bond motifs is 6. The van der Waals surface area contributed by atoms with Crippen molar-refractivity contribution in [2.75, 3.05) is 0 Å². The van der Waals surface area contributed by atoms with Gasteiger partial charge in [0.2, 0.25) is 0 Å². The van der Waals surface area contributed by atoms with Crippen molar-refractivity contribution in [1.82, 2.24) is 9.13 Å². The highest BCUT2D eigenvalue weighted by atomic mass is 15.0. The normalized spacial score (nSPS) is 12.3. The van der Waals surface area contributed by atoms with Crippen LogP contribution in [0, 0.1) is 0 Å². The summed E-state index contributed by atoms with van der Waals surface area (Å²) in [5, 5.41) is 3.70. The molecule has 2 heteroatoms. The lowest BCUT2D eigenvalue weighted by Crippen LogP contribution is -1.94. The monoisotopic (exact) mass is 715 g/mol. The average molecular weight is 716 g/mol. The maximum absolute atomic E-state index is 10.0. The summed E-state index contributed by atoms with van der Waals surface area (Å²) in [5.74, 6) is 0. The van der Waals surface area contributed by atoms with Crippen LogP contribution < -0.4 is 0 Å². The number of rotatable bonds is 6. The van der Waals surface area contributed by atoms with E-state index in [-0.39, 0.29) is 18.1 Å². The highest BCUT2D eigenvalue weighted by Gasteiger charge is 2.18. The third-order valence-electron chi connectivity index (χ3n) is 11.1. The van der Waals surface area contributed by atoms with Crippen molar-refractivity contribution in [2.24, 2.45) is 0 Å². The molecular weight excluding hydrogens is 677 g/mol. The molecule has 0 bridgehead atoms. The van der Waals surface area contributed by atoms with E-state index in [9.17, 15) is 4.11 Å². The van der Waals surface area contributed by atoms with Crippen LogP contribution in [-0.2, 0) is 0 Å². The van der Waals surface area contributed by atoms with Crippen molar-refractivity contribution < 1.29 is 4.11 Å². The van der Waals surface area contributed by atoms with Gasteiger partial charge in [-0.15, -0.1) is 0 Å². The molecule has 0 radical (unpaired) electrons. The third-order valence-corrected chi connectivity index (χ3v) is 11.1. The molecule has 0 aliphatic heterocycles. The molecular formula is C54H36N2. The van der Waals surface area contributed by atoms with E-state index in [4.69, 9.17) is 0 Å². The van der Waals surface area contributed by atoms with Gasteiger partial charge in [0, 0.05) is 32.9 Å². The SMILES string of the molecule is [2H]c1c(-c2ccc3c(c2)c2ccccc2n3-c2ccccc2)c([2H])c2c3c(-c4ccccc4)cccc3n(-c3ccc(-c4ccc(-c5ccccc5)cc4)cc3)c2c1[2H]. The fourth-order valence-corrected chi connectivity index (χ4v) is 8.40. The van der Waals surface area contributed by atoms with Gasteiger partial charge in [-0.05, 0) is 105 Å². The molecule has 11 rings (SSSR count). The van der Waals surface area contributed by atoms with Crippen molar-refractivity contribution in [3.8, 4) is 55.9 Å². The predicted octanol–water partition coefficient (Wildman–Crippen LogP) is 14.5. The first-order chi connectivity index (χ1) is 29.0. The highest BCUT2D eigenvalue weighted by molar-refractivity contribution is 6.17. The number of benzene rings is 9. The van der Waals surface area contributed by atoms with E-state index < -0.39 is 0 Å². The smallest absolute Gasteiger partial charge is 0.0645 e. The summed E-state index contributed by atoms with van der Waals surface area (Å²) in [6, 6.07) is 69.2. The molecule has 2 nitrogen and oxygen atoms in total. The Hall–Kier alpha value is -7.42. The highest BCUT2D eigenvalue weighted by Crippen LogP contribution is 2.41. The summed E-state index contributed by atoms with van der Waals surface area (Å²) in [6.07, 6.45) is 0. The van der Waals surface area contributed by atoms with E-state index in [1.165, 1.54) is 11.1 Å². The Bertz CT molecular complexity index is 3370. The second-order valence-electron chi connectivity index (χ2n) is 14.3. The first-order valence-electron chi connectivity index (χ1n) is 20.5. The largest absolute Gasteiger partial charge is 0.309 e. The Morgan fingerprint density at radius 2 is 0.821 bits per heavy atom. The fourth-order valence-electron chi connectivity index (χ4n) is 8.40. The summed E-state index contributed by atoms with van der Waals surface area (Å²) in [4.78, 5) is 0. The molecule has 56 heavy (non-hydrogen) atoms. The van der Waals surface area contributed by atoms with Gasteiger partial charge in [-0.1, -0.05) is 158 Å². The minimum Gasteiger partial charge on any atom is -0.309 e. The topological polar surface area (TPSA) is 9.86 Å². The molecule has 0 spiro atoms. The van der Waals surface area contributed by atoms with Gasteiger partial charge in [0.15, 0.2) is 0 Å². The van der Waals surface area contributed by atoms with Crippen LogP contribution in [0.4, 0.5) is 0 Å². The Balaban J connectivity index is 1.12. The van der Waals surface area contributed by atoms with Crippen LogP contribution in [0.3, 0.4) is 0 Å². The number of hydrogen-bond acceptors (Lipinski definition) is 0. The molecule has 2 aromatic heterocycles. The molecule has 9 aromatic carbocycles. The summed E-state index contributed by atoms with van der Waals surface area (Å²) >= 11 is 0. The van der Waals surface area contributed by atoms with Gasteiger partial charge < -0.3 is 9.13 Å². The predicted molar refractivity (Wildman–Crippen MR) is 237 cm³/mol. The first-order valence-corrected chi connectivity index (χ1v) is 19.0. The van der Waals surface area contributed by atoms with Crippen molar-refractivity contribution in [1.29, 1.82) is 0 Å². The quantitative estimate of drug-likeness (QED) is 0.162. The first kappa shape index (κ1) is 29.0. The van der Waals surface area contributed by atoms with Gasteiger partial charge in [0.05, 0.1) is 26.2 Å². The molecule has 2 heterocycles. The standard InChI is InChI=1S/C54H36N2/c1-4-13-37(14-5-1)38-23-25-39(26-24-38)40-27-31-45(32-28-40)56-52-34-30-43(36-49(52)54-46(20-12-22-53(54)56)41-15-6-2-7-16-41)42-29-33-51-48(35-42)47-19-10-11-21-50(47)55(51)44-17-8-3-9-18-44/h1-36H/i30D,34D,36D. The maximum atomic E-state index is 10.0. The third kappa shape index (κ3) is 5.26. The van der Waals surface area contributed by atoms with Crippen LogP contribution in [0.2, 0.25) is 0 Å². The summed E-state index contributed by atoms with van der Waals surface area (Å²) in [7, 11) is 0. The summed E-state index contributed by atoms with van der Waals surface area (Å²) in [5.41, 5.74) is 13.3. The molecule has 262 valence electrons. The Morgan fingerprint density at radius 3 is 1.54 bits per heavy atom. The van der Waals surface area contributed by atoms with Crippen molar-refractivity contribution >= 4 is 43.6 Å². The Labute approximate surface area is 330 Å². The lowest BCUT2D eigenvalue weighted by Gasteiger charge is -2.11. The second-order valence-corrected chi connectivity index (χ2v) is 14.3. The Kier molecular flexibility index (Phi) is 6.81. The second kappa shape index (κ2) is 13.2. The Morgan fingerprint density at radius 1 is 0.304 bits per heavy atom. The average Bonchev–Trinajstić information content (AvgIpc) is 3.83. The van der Waals surface area contributed by atoms with E-state index in [2.05, 4.69) is 161 Å². The van der Waals surface area contributed by atoms with Crippen LogP contribution in [0.5, 0.6) is 0 Å². The number of nitrogens with zero attached hydrogens (tertiary/aromatic N) is 2. The van der Waals surface area contributed by atoms with E-state index in [1.54, 1.807) is 0 Å². The lowest BCUT2D eigenvalue weighted by atomic mass is 9.97. The number of para-hydroxylation sites is 2. The van der Waals surface area contributed by atoms with Gasteiger partial charge in [-0.25, -0.2) is 0 Å². The summed E-state index contributed by atoms with van der Waals surface area (Å²) in [6.45, 7) is 0. The van der Waals surface area contributed by atoms with Crippen LogP contribution in [0.15, 0.2) is 218 Å². The van der Waals surface area contributed by atoms with Gasteiger partial charge in [0.25, 0.3) is 0 Å². The van der Waals surface area contributed by atoms with Crippen molar-refractivity contribution in [2.45, 2.75) is 0 Å². The van der Waals surface area contributed by atoms with E-state index in [0.717, 1.165) is 71.9 Å². The molecule has 0 aliphatic rings. The molecule has 0 aliphatic carbocycles. The molecule has 0 unspecified atom stereocenters. The molecule has 0 saturated heterocycles. The number of aromatic nitrogens is 2. The van der Waals surface area contributed by atoms with Crippen molar-refractivity contribution in [3.63, 3.8) is 0 Å². The molecule has 0 amide bonds. The van der Waals surface area contributed by atoms with Crippen LogP contribution in [0.1, 0.15) is 4.11 Å². The zero-order chi connectivity index (χ0) is 39.6. The van der Waals surface area contributed by atoms with Crippen LogP contribution in [0.25, 0.3) is 99.5 Å². The molecule has 11 aromatic rings. The van der Waals surface area contributed by atoms with E-state index in [1.807, 2.05) is 48.5 Å². The summed E-state index contributed by atoms with van der Waals surface area (Å²) < 4.78 is 33.8. The van der Waals surface area contributed by atoms with Gasteiger partial charge in [-0.2, -0.15) is 0 Å². The molecule has 0 atom stereocenters. The minimum atomic E-state index is 0.0362. The van der Waals surface area contributed by atoms with Gasteiger partial charge in [-0.3, -0.25) is 0 Å². The maximum Gasteiger partial charge on any atom is 0.0645 e. The molecule has 0 saturated carbocycles. The number of hydrogen-bond donors (Lipinski definition) is 0. The van der Waals surface area contributed by atoms with Gasteiger partial charge in [0.1, 0.15) is 0 Å². The van der Waals surface area contributed by atoms with E-state index in [0.29, 0.717) is 16.5 Å². The molecule has 0 fully saturated rings. The minimum absolute atomic E-state index is 0.0362. The zero-order valence-corrected chi connectivity index (χ0v) is 30.4. The van der Waals surface area contributed by atoms with Crippen LogP contribution >= 0.6 is 0 Å². The zero-order valence-electron chi connectivity index (χ0n) is 33.4.